The number of hydrogen-bond acceptors (Lipinski definition) is 5. The quantitative estimate of drug-likeness (QED) is 0.893. The Morgan fingerprint density at radius 2 is 2.14 bits per heavy atom. The molecule has 0 aliphatic carbocycles. The van der Waals surface area contributed by atoms with Gasteiger partial charge in [0.15, 0.2) is 5.69 Å². The van der Waals surface area contributed by atoms with Crippen LogP contribution in [0, 0.1) is 6.92 Å². The molecule has 2 aromatic heterocycles. The average molecular weight is 285 g/mol. The van der Waals surface area contributed by atoms with Crippen molar-refractivity contribution in [3.8, 4) is 0 Å². The van der Waals surface area contributed by atoms with Gasteiger partial charge in [-0.2, -0.15) is 0 Å². The van der Waals surface area contributed by atoms with Crippen molar-refractivity contribution < 1.29 is 4.79 Å². The minimum atomic E-state index is -0.298. The first-order chi connectivity index (χ1) is 9.99. The Labute approximate surface area is 123 Å². The Morgan fingerprint density at radius 3 is 2.81 bits per heavy atom. The van der Waals surface area contributed by atoms with E-state index in [1.54, 1.807) is 12.4 Å². The zero-order valence-corrected chi connectivity index (χ0v) is 12.4. The van der Waals surface area contributed by atoms with Gasteiger partial charge in [-0.1, -0.05) is 13.8 Å². The minimum absolute atomic E-state index is 0.139. The maximum Gasteiger partial charge on any atom is 0.272 e. The molecular formula is C15H19N5O. The summed E-state index contributed by atoms with van der Waals surface area (Å²) in [5, 5.41) is 2.83. The highest BCUT2D eigenvalue weighted by Gasteiger charge is 2.14. The van der Waals surface area contributed by atoms with E-state index in [1.165, 1.54) is 6.20 Å². The van der Waals surface area contributed by atoms with Gasteiger partial charge in [-0.05, 0) is 24.1 Å². The van der Waals surface area contributed by atoms with Crippen LogP contribution >= 0.6 is 0 Å². The Kier molecular flexibility index (Phi) is 4.47. The van der Waals surface area contributed by atoms with E-state index in [-0.39, 0.29) is 23.2 Å². The van der Waals surface area contributed by atoms with Gasteiger partial charge in [0.1, 0.15) is 5.82 Å². The summed E-state index contributed by atoms with van der Waals surface area (Å²) in [6.07, 6.45) is 4.94. The monoisotopic (exact) mass is 285 g/mol. The molecule has 0 spiro atoms. The molecule has 6 nitrogen and oxygen atoms in total. The van der Waals surface area contributed by atoms with Crippen molar-refractivity contribution >= 4 is 11.6 Å². The summed E-state index contributed by atoms with van der Waals surface area (Å²) < 4.78 is 0. The van der Waals surface area contributed by atoms with Gasteiger partial charge in [-0.25, -0.2) is 9.97 Å². The van der Waals surface area contributed by atoms with Crippen LogP contribution in [0.3, 0.4) is 0 Å². The summed E-state index contributed by atoms with van der Waals surface area (Å²) >= 11 is 0. The molecule has 0 aromatic carbocycles. The van der Waals surface area contributed by atoms with Crippen LogP contribution in [0.4, 0.5) is 5.69 Å². The number of anilines is 1. The van der Waals surface area contributed by atoms with Gasteiger partial charge in [0.05, 0.1) is 11.9 Å². The molecule has 3 N–H and O–H groups in total. The lowest BCUT2D eigenvalue weighted by atomic mass is 10.1. The van der Waals surface area contributed by atoms with E-state index in [4.69, 9.17) is 5.73 Å². The van der Waals surface area contributed by atoms with Gasteiger partial charge in [-0.15, -0.1) is 0 Å². The molecule has 0 saturated carbocycles. The van der Waals surface area contributed by atoms with Crippen molar-refractivity contribution in [3.05, 3.63) is 47.3 Å². The molecule has 0 fully saturated rings. The molecule has 2 aromatic rings. The van der Waals surface area contributed by atoms with Crippen LogP contribution in [0.25, 0.3) is 0 Å². The van der Waals surface area contributed by atoms with Crippen LogP contribution in [-0.2, 0) is 6.54 Å². The Hall–Kier alpha value is -2.50. The van der Waals surface area contributed by atoms with Gasteiger partial charge in [0.2, 0.25) is 0 Å². The van der Waals surface area contributed by atoms with Crippen molar-refractivity contribution in [2.45, 2.75) is 33.2 Å². The summed E-state index contributed by atoms with van der Waals surface area (Å²) in [7, 11) is 0. The molecule has 21 heavy (non-hydrogen) atoms. The number of carbonyl (C=O) groups is 1. The van der Waals surface area contributed by atoms with Crippen molar-refractivity contribution in [1.29, 1.82) is 0 Å². The second-order valence-electron chi connectivity index (χ2n) is 5.17. The summed E-state index contributed by atoms with van der Waals surface area (Å²) in [5.41, 5.74) is 8.33. The number of nitrogens with one attached hydrogen (secondary N) is 1. The fraction of sp³-hybridized carbons (Fsp3) is 0.333. The molecule has 1 amide bonds. The lowest BCUT2D eigenvalue weighted by molar-refractivity contribution is 0.0946. The standard InChI is InChI=1S/C15H19N5O/c1-9(2)14-18-8-12(16)13(20-14)15(21)19-7-11-4-5-17-6-10(11)3/h4-6,8-9H,7,16H2,1-3H3,(H,19,21). The number of carbonyl (C=O) groups excluding carboxylic acids is 1. The summed E-state index contributed by atoms with van der Waals surface area (Å²) in [4.78, 5) is 24.6. The van der Waals surface area contributed by atoms with E-state index in [9.17, 15) is 4.79 Å². The highest BCUT2D eigenvalue weighted by Crippen LogP contribution is 2.14. The summed E-state index contributed by atoms with van der Waals surface area (Å²) in [5.74, 6) is 0.446. The molecule has 0 radical (unpaired) electrons. The van der Waals surface area contributed by atoms with Gasteiger partial charge in [0, 0.05) is 24.9 Å². The molecular weight excluding hydrogens is 266 g/mol. The fourth-order valence-corrected chi connectivity index (χ4v) is 1.82. The maximum absolute atomic E-state index is 12.2. The third kappa shape index (κ3) is 3.53. The number of hydrogen-bond donors (Lipinski definition) is 2. The van der Waals surface area contributed by atoms with Gasteiger partial charge >= 0.3 is 0 Å². The normalized spacial score (nSPS) is 10.7. The maximum atomic E-state index is 12.2. The highest BCUT2D eigenvalue weighted by atomic mass is 16.1. The van der Waals surface area contributed by atoms with Gasteiger partial charge < -0.3 is 11.1 Å². The molecule has 110 valence electrons. The number of pyridine rings is 1. The largest absolute Gasteiger partial charge is 0.396 e. The predicted molar refractivity (Wildman–Crippen MR) is 80.7 cm³/mol. The molecule has 0 aliphatic heterocycles. The van der Waals surface area contributed by atoms with Crippen LogP contribution in [0.2, 0.25) is 0 Å². The number of rotatable bonds is 4. The fourth-order valence-electron chi connectivity index (χ4n) is 1.82. The van der Waals surface area contributed by atoms with E-state index in [2.05, 4.69) is 20.3 Å². The minimum Gasteiger partial charge on any atom is -0.396 e. The molecule has 0 atom stereocenters. The summed E-state index contributed by atoms with van der Waals surface area (Å²) in [6.45, 7) is 6.29. The number of nitrogens with two attached hydrogens (primary N) is 1. The lowest BCUT2D eigenvalue weighted by Gasteiger charge is -2.10. The Bertz CT molecular complexity index is 654. The second kappa shape index (κ2) is 6.30. The third-order valence-corrected chi connectivity index (χ3v) is 3.14. The molecule has 6 heteroatoms. The number of nitrogens with zero attached hydrogens (tertiary/aromatic N) is 3. The van der Waals surface area contributed by atoms with Crippen LogP contribution in [0.15, 0.2) is 24.7 Å². The highest BCUT2D eigenvalue weighted by molar-refractivity contribution is 5.96. The van der Waals surface area contributed by atoms with Crippen molar-refractivity contribution in [2.24, 2.45) is 0 Å². The van der Waals surface area contributed by atoms with Crippen molar-refractivity contribution in [3.63, 3.8) is 0 Å². The van der Waals surface area contributed by atoms with E-state index >= 15 is 0 Å². The Morgan fingerprint density at radius 1 is 1.38 bits per heavy atom. The number of nitrogen functional groups attached to an aromatic ring is 1. The van der Waals surface area contributed by atoms with E-state index in [0.29, 0.717) is 12.4 Å². The third-order valence-electron chi connectivity index (χ3n) is 3.14. The summed E-state index contributed by atoms with van der Waals surface area (Å²) in [6, 6.07) is 1.87. The Balaban J connectivity index is 2.14. The zero-order valence-electron chi connectivity index (χ0n) is 12.4. The lowest BCUT2D eigenvalue weighted by Crippen LogP contribution is -2.26. The number of aryl methyl sites for hydroxylation is 1. The average Bonchev–Trinajstić information content (AvgIpc) is 2.46. The molecule has 2 rings (SSSR count). The van der Waals surface area contributed by atoms with Crippen molar-refractivity contribution in [2.75, 3.05) is 5.73 Å². The van der Waals surface area contributed by atoms with E-state index in [1.807, 2.05) is 26.8 Å². The predicted octanol–water partition coefficient (Wildman–Crippen LogP) is 1.82. The SMILES string of the molecule is Cc1cnccc1CNC(=O)c1nc(C(C)C)ncc1N. The van der Waals surface area contributed by atoms with E-state index < -0.39 is 0 Å². The van der Waals surface area contributed by atoms with Crippen LogP contribution in [0.5, 0.6) is 0 Å². The molecule has 0 aliphatic rings. The van der Waals surface area contributed by atoms with Gasteiger partial charge in [0.25, 0.3) is 5.91 Å². The molecule has 0 saturated heterocycles. The van der Waals surface area contributed by atoms with E-state index in [0.717, 1.165) is 11.1 Å². The molecule has 0 bridgehead atoms. The zero-order chi connectivity index (χ0) is 15.4. The van der Waals surface area contributed by atoms with Gasteiger partial charge in [-0.3, -0.25) is 9.78 Å². The molecule has 0 unspecified atom stereocenters. The number of aromatic nitrogens is 3. The van der Waals surface area contributed by atoms with Crippen LogP contribution in [0.1, 0.15) is 47.2 Å². The first-order valence-corrected chi connectivity index (χ1v) is 6.79. The smallest absolute Gasteiger partial charge is 0.272 e. The van der Waals surface area contributed by atoms with Crippen molar-refractivity contribution in [1.82, 2.24) is 20.3 Å². The first-order valence-electron chi connectivity index (χ1n) is 6.79. The second-order valence-corrected chi connectivity index (χ2v) is 5.17. The van der Waals surface area contributed by atoms with Crippen LogP contribution < -0.4 is 11.1 Å². The first kappa shape index (κ1) is 14.9. The topological polar surface area (TPSA) is 93.8 Å². The number of amides is 1. The molecule has 2 heterocycles. The van der Waals surface area contributed by atoms with Crippen LogP contribution in [-0.4, -0.2) is 20.9 Å².